The van der Waals surface area contributed by atoms with Gasteiger partial charge in [0.15, 0.2) is 0 Å². The van der Waals surface area contributed by atoms with E-state index >= 15 is 0 Å². The van der Waals surface area contributed by atoms with Crippen molar-refractivity contribution in [2.75, 3.05) is 26.7 Å². The summed E-state index contributed by atoms with van der Waals surface area (Å²) in [6.45, 7) is 4.38. The second kappa shape index (κ2) is 6.94. The molecular formula is C18H27ClN2O2S. The Bertz CT molecular complexity index is 699. The Hall–Kier alpha value is -0.620. The van der Waals surface area contributed by atoms with Gasteiger partial charge in [-0.15, -0.1) is 0 Å². The molecule has 1 unspecified atom stereocenters. The van der Waals surface area contributed by atoms with Gasteiger partial charge >= 0.3 is 0 Å². The molecule has 24 heavy (non-hydrogen) atoms. The predicted molar refractivity (Wildman–Crippen MR) is 97.9 cm³/mol. The third-order valence-corrected chi connectivity index (χ3v) is 7.60. The van der Waals surface area contributed by atoms with E-state index in [9.17, 15) is 8.42 Å². The Balaban J connectivity index is 1.74. The minimum Gasteiger partial charge on any atom is -0.305 e. The molecule has 1 saturated carbocycles. The Morgan fingerprint density at radius 2 is 2.00 bits per heavy atom. The van der Waals surface area contributed by atoms with Crippen LogP contribution in [0.25, 0.3) is 0 Å². The highest BCUT2D eigenvalue weighted by Gasteiger charge is 2.45. The van der Waals surface area contributed by atoms with Gasteiger partial charge in [0, 0.05) is 24.7 Å². The number of aryl methyl sites for hydroxylation is 1. The number of benzene rings is 1. The molecule has 4 nitrogen and oxygen atoms in total. The van der Waals surface area contributed by atoms with Gasteiger partial charge in [0.1, 0.15) is 0 Å². The molecule has 1 aliphatic carbocycles. The molecule has 2 fully saturated rings. The average Bonchev–Trinajstić information content (AvgIpc) is 2.81. The van der Waals surface area contributed by atoms with Crippen molar-refractivity contribution in [3.05, 3.63) is 28.8 Å². The van der Waals surface area contributed by atoms with Crippen molar-refractivity contribution >= 4 is 21.6 Å². The number of hydrogen-bond acceptors (Lipinski definition) is 3. The van der Waals surface area contributed by atoms with Gasteiger partial charge in [0.05, 0.1) is 4.90 Å². The van der Waals surface area contributed by atoms with Crippen molar-refractivity contribution < 1.29 is 8.42 Å². The lowest BCUT2D eigenvalue weighted by molar-refractivity contribution is 0.144. The molecule has 0 bridgehead atoms. The quantitative estimate of drug-likeness (QED) is 0.883. The lowest BCUT2D eigenvalue weighted by atomic mass is 9.68. The normalized spacial score (nSPS) is 24.5. The summed E-state index contributed by atoms with van der Waals surface area (Å²) in [5, 5.41) is 0.560. The Kier molecular flexibility index (Phi) is 5.26. The monoisotopic (exact) mass is 370 g/mol. The van der Waals surface area contributed by atoms with Crippen LogP contribution in [0, 0.1) is 18.3 Å². The van der Waals surface area contributed by atoms with Crippen LogP contribution in [0.15, 0.2) is 23.1 Å². The summed E-state index contributed by atoms with van der Waals surface area (Å²) in [4.78, 5) is 2.69. The zero-order valence-electron chi connectivity index (χ0n) is 14.5. The van der Waals surface area contributed by atoms with Gasteiger partial charge in [-0.3, -0.25) is 0 Å². The van der Waals surface area contributed by atoms with Crippen molar-refractivity contribution in [1.82, 2.24) is 9.62 Å². The van der Waals surface area contributed by atoms with Gasteiger partial charge in [0.2, 0.25) is 10.0 Å². The molecule has 6 heteroatoms. The third kappa shape index (κ3) is 3.64. The lowest BCUT2D eigenvalue weighted by Gasteiger charge is -2.38. The molecule has 2 aliphatic rings. The first-order valence-electron chi connectivity index (χ1n) is 8.77. The highest BCUT2D eigenvalue weighted by molar-refractivity contribution is 7.89. The fraction of sp³-hybridized carbons (Fsp3) is 0.667. The Morgan fingerprint density at radius 1 is 1.29 bits per heavy atom. The van der Waals surface area contributed by atoms with Gasteiger partial charge in [-0.05, 0) is 61.9 Å². The summed E-state index contributed by atoms with van der Waals surface area (Å²) in [7, 11) is -1.35. The maximum absolute atomic E-state index is 12.7. The largest absolute Gasteiger partial charge is 0.305 e. The number of nitrogens with zero attached hydrogens (tertiary/aromatic N) is 1. The minimum atomic E-state index is -3.50. The summed E-state index contributed by atoms with van der Waals surface area (Å²) < 4.78 is 28.3. The molecule has 1 heterocycles. The molecule has 134 valence electrons. The highest BCUT2D eigenvalue weighted by atomic mass is 35.5. The zero-order valence-corrected chi connectivity index (χ0v) is 16.1. The molecule has 0 amide bonds. The number of hydrogen-bond donors (Lipinski definition) is 1. The van der Waals surface area contributed by atoms with Crippen LogP contribution in [0.2, 0.25) is 5.02 Å². The molecule has 0 aromatic heterocycles. The van der Waals surface area contributed by atoms with Crippen LogP contribution in [-0.4, -0.2) is 40.0 Å². The van der Waals surface area contributed by atoms with Crippen molar-refractivity contribution in [1.29, 1.82) is 0 Å². The van der Waals surface area contributed by atoms with E-state index in [2.05, 4.69) is 16.7 Å². The first-order chi connectivity index (χ1) is 11.3. The lowest BCUT2D eigenvalue weighted by Crippen LogP contribution is -2.40. The van der Waals surface area contributed by atoms with Crippen molar-refractivity contribution in [2.45, 2.75) is 43.9 Å². The molecule has 1 aromatic rings. The summed E-state index contributed by atoms with van der Waals surface area (Å²) in [5.74, 6) is 0.394. The Morgan fingerprint density at radius 3 is 2.67 bits per heavy atom. The average molecular weight is 371 g/mol. The van der Waals surface area contributed by atoms with Crippen LogP contribution in [0.4, 0.5) is 0 Å². The van der Waals surface area contributed by atoms with Crippen molar-refractivity contribution in [3.8, 4) is 0 Å². The van der Waals surface area contributed by atoms with Crippen LogP contribution in [0.5, 0.6) is 0 Å². The standard InChI is InChI=1S/C18H27ClN2O2S/c1-14-10-16(19)6-7-17(14)24(22,23)20-11-15-12-21(2)13-18(15)8-4-3-5-9-18/h6-7,10,15,20H,3-5,8-9,11-13H2,1-2H3. The van der Waals surface area contributed by atoms with E-state index in [1.807, 2.05) is 0 Å². The first-order valence-corrected chi connectivity index (χ1v) is 10.6. The molecule has 3 rings (SSSR count). The summed E-state index contributed by atoms with van der Waals surface area (Å²) >= 11 is 5.94. The molecule has 1 saturated heterocycles. The van der Waals surface area contributed by atoms with Gasteiger partial charge in [-0.1, -0.05) is 30.9 Å². The summed E-state index contributed by atoms with van der Waals surface area (Å²) in [5.41, 5.74) is 0.982. The van der Waals surface area contributed by atoms with Crippen LogP contribution < -0.4 is 4.72 Å². The van der Waals surface area contributed by atoms with Crippen LogP contribution in [-0.2, 0) is 10.0 Å². The van der Waals surface area contributed by atoms with Crippen LogP contribution in [0.1, 0.15) is 37.7 Å². The maximum atomic E-state index is 12.7. The number of nitrogens with one attached hydrogen (secondary N) is 1. The number of halogens is 1. The number of rotatable bonds is 4. The van der Waals surface area contributed by atoms with Crippen molar-refractivity contribution in [2.24, 2.45) is 11.3 Å². The number of sulfonamides is 1. The zero-order chi connectivity index (χ0) is 17.4. The fourth-order valence-electron chi connectivity index (χ4n) is 4.61. The SMILES string of the molecule is Cc1cc(Cl)ccc1S(=O)(=O)NCC1CN(C)CC12CCCCC2. The van der Waals surface area contributed by atoms with E-state index in [1.165, 1.54) is 32.1 Å². The molecule has 1 atom stereocenters. The fourth-order valence-corrected chi connectivity index (χ4v) is 6.14. The van der Waals surface area contributed by atoms with Gasteiger partial charge in [-0.25, -0.2) is 13.1 Å². The second-order valence-corrected chi connectivity index (χ2v) is 9.75. The van der Waals surface area contributed by atoms with E-state index in [0.29, 0.717) is 33.4 Å². The van der Waals surface area contributed by atoms with E-state index in [0.717, 1.165) is 13.1 Å². The van der Waals surface area contributed by atoms with Crippen LogP contribution in [0.3, 0.4) is 0 Å². The Labute approximate surface area is 150 Å². The summed E-state index contributed by atoms with van der Waals surface area (Å²) in [6, 6.07) is 4.92. The molecule has 0 radical (unpaired) electrons. The molecular weight excluding hydrogens is 344 g/mol. The minimum absolute atomic E-state index is 0.296. The van der Waals surface area contributed by atoms with Gasteiger partial charge < -0.3 is 4.90 Å². The predicted octanol–water partition coefficient (Wildman–Crippen LogP) is 3.44. The smallest absolute Gasteiger partial charge is 0.240 e. The third-order valence-electron chi connectivity index (χ3n) is 5.78. The molecule has 1 spiro atoms. The van der Waals surface area contributed by atoms with Crippen LogP contribution >= 0.6 is 11.6 Å². The number of likely N-dealkylation sites (tertiary alicyclic amines) is 1. The second-order valence-electron chi connectivity index (χ2n) is 7.58. The first kappa shape index (κ1) is 18.2. The molecule has 1 N–H and O–H groups in total. The van der Waals surface area contributed by atoms with Crippen molar-refractivity contribution in [3.63, 3.8) is 0 Å². The summed E-state index contributed by atoms with van der Waals surface area (Å²) in [6.07, 6.45) is 6.31. The van der Waals surface area contributed by atoms with E-state index in [-0.39, 0.29) is 0 Å². The van der Waals surface area contributed by atoms with Gasteiger partial charge in [0.25, 0.3) is 0 Å². The molecule has 1 aromatic carbocycles. The van der Waals surface area contributed by atoms with E-state index < -0.39 is 10.0 Å². The topological polar surface area (TPSA) is 49.4 Å². The molecule has 1 aliphatic heterocycles. The van der Waals surface area contributed by atoms with Gasteiger partial charge in [-0.2, -0.15) is 0 Å². The van der Waals surface area contributed by atoms with E-state index in [4.69, 9.17) is 11.6 Å². The highest BCUT2D eigenvalue weighted by Crippen LogP contribution is 2.46. The maximum Gasteiger partial charge on any atom is 0.240 e. The van der Waals surface area contributed by atoms with E-state index in [1.54, 1.807) is 25.1 Å².